The fraction of sp³-hybridized carbons (Fsp3) is 0.0615. The number of nitrogens with zero attached hydrogens (tertiary/aromatic N) is 3. The monoisotopic (exact) mass is 869 g/mol. The van der Waals surface area contributed by atoms with E-state index >= 15 is 0 Å². The van der Waals surface area contributed by atoms with Crippen molar-refractivity contribution in [3.8, 4) is 112 Å². The summed E-state index contributed by atoms with van der Waals surface area (Å²) in [6.07, 6.45) is 2.04. The Kier molecular flexibility index (Phi) is 10.5. The molecule has 0 saturated heterocycles. The third-order valence-electron chi connectivity index (χ3n) is 13.6. The van der Waals surface area contributed by atoms with E-state index in [-0.39, 0.29) is 0 Å². The van der Waals surface area contributed by atoms with Gasteiger partial charge in [-0.3, -0.25) is 0 Å². The molecule has 322 valence electrons. The Morgan fingerprint density at radius 3 is 1.51 bits per heavy atom. The highest BCUT2D eigenvalue weighted by atomic mass is 15.0. The summed E-state index contributed by atoms with van der Waals surface area (Å²) in [6, 6.07) is 81.0. The van der Waals surface area contributed by atoms with Crippen LogP contribution in [0.4, 0.5) is 0 Å². The maximum absolute atomic E-state index is 5.17. The molecule has 0 unspecified atom stereocenters. The summed E-state index contributed by atoms with van der Waals surface area (Å²) in [5.74, 6) is 1.90. The Morgan fingerprint density at radius 1 is 0.309 bits per heavy atom. The van der Waals surface area contributed by atoms with Gasteiger partial charge in [0.05, 0.1) is 0 Å². The molecule has 11 aromatic rings. The Morgan fingerprint density at radius 2 is 0.794 bits per heavy atom. The van der Waals surface area contributed by atoms with E-state index in [2.05, 4.69) is 214 Å². The van der Waals surface area contributed by atoms with Gasteiger partial charge >= 0.3 is 0 Å². The highest BCUT2D eigenvalue weighted by Crippen LogP contribution is 2.49. The van der Waals surface area contributed by atoms with Gasteiger partial charge in [0.25, 0.3) is 0 Å². The first kappa shape index (κ1) is 40.9. The third-order valence-corrected chi connectivity index (χ3v) is 13.6. The van der Waals surface area contributed by atoms with Crippen LogP contribution in [0.5, 0.6) is 0 Å². The van der Waals surface area contributed by atoms with E-state index in [9.17, 15) is 0 Å². The smallest absolute Gasteiger partial charge is 0.164 e. The molecule has 0 amide bonds. The minimum absolute atomic E-state index is 0.630. The number of benzene rings is 10. The van der Waals surface area contributed by atoms with Crippen LogP contribution in [0.1, 0.15) is 24.5 Å². The van der Waals surface area contributed by atoms with Crippen LogP contribution in [-0.4, -0.2) is 15.0 Å². The fourth-order valence-corrected chi connectivity index (χ4v) is 10.3. The zero-order valence-corrected chi connectivity index (χ0v) is 38.1. The lowest BCUT2D eigenvalue weighted by Crippen LogP contribution is -2.00. The maximum atomic E-state index is 5.17. The quantitative estimate of drug-likeness (QED) is 0.137. The van der Waals surface area contributed by atoms with E-state index < -0.39 is 0 Å². The van der Waals surface area contributed by atoms with Crippen molar-refractivity contribution in [3.63, 3.8) is 0 Å². The number of hydrogen-bond acceptors (Lipinski definition) is 3. The van der Waals surface area contributed by atoms with Crippen LogP contribution >= 0.6 is 0 Å². The number of aryl methyl sites for hydroxylation is 2. The predicted octanol–water partition coefficient (Wildman–Crippen LogP) is 17.3. The largest absolute Gasteiger partial charge is 0.208 e. The standard InChI is InChI=1S/C65H47N3/c1-3-17-45-34-37-48(52-39-50-24-16-31-58-54-26-10-11-27-55(54)60(41-52)62(50)58)40-59(45)56-28-12-13-29-57(56)61-42(2)18-14-30-53(61)49-23-15-25-51(38-49)65-67-63(46-21-8-5-9-22-46)66-64(68-65)47-35-32-44(33-36-47)43-19-6-4-7-20-43/h4-16,18-41H,3,17H2,1-2H3. The molecule has 1 aromatic heterocycles. The molecule has 0 spiro atoms. The second-order valence-electron chi connectivity index (χ2n) is 17.8. The van der Waals surface area contributed by atoms with Crippen molar-refractivity contribution in [3.05, 3.63) is 236 Å². The van der Waals surface area contributed by atoms with E-state index in [0.717, 1.165) is 46.2 Å². The zero-order valence-electron chi connectivity index (χ0n) is 38.1. The maximum Gasteiger partial charge on any atom is 0.164 e. The first-order valence-electron chi connectivity index (χ1n) is 23.7. The van der Waals surface area contributed by atoms with E-state index in [1.165, 1.54) is 83.1 Å². The molecular formula is C65H47N3. The Balaban J connectivity index is 0.963. The zero-order chi connectivity index (χ0) is 45.6. The van der Waals surface area contributed by atoms with Crippen molar-refractivity contribution in [2.45, 2.75) is 26.7 Å². The fourth-order valence-electron chi connectivity index (χ4n) is 10.3. The van der Waals surface area contributed by atoms with Crippen molar-refractivity contribution in [1.82, 2.24) is 15.0 Å². The summed E-state index contributed by atoms with van der Waals surface area (Å²) < 4.78 is 0. The molecule has 0 atom stereocenters. The van der Waals surface area contributed by atoms with Crippen molar-refractivity contribution < 1.29 is 0 Å². The highest BCUT2D eigenvalue weighted by molar-refractivity contribution is 6.16. The van der Waals surface area contributed by atoms with Crippen molar-refractivity contribution in [1.29, 1.82) is 0 Å². The third kappa shape index (κ3) is 7.39. The van der Waals surface area contributed by atoms with Gasteiger partial charge in [-0.1, -0.05) is 214 Å². The molecule has 12 rings (SSSR count). The normalized spacial score (nSPS) is 11.5. The minimum atomic E-state index is 0.630. The molecule has 1 aliphatic rings. The van der Waals surface area contributed by atoms with Crippen LogP contribution in [0.25, 0.3) is 123 Å². The van der Waals surface area contributed by atoms with Gasteiger partial charge in [-0.15, -0.1) is 0 Å². The molecule has 10 aromatic carbocycles. The molecule has 3 nitrogen and oxygen atoms in total. The number of fused-ring (bicyclic) bond motifs is 3. The number of hydrogen-bond donors (Lipinski definition) is 0. The van der Waals surface area contributed by atoms with Crippen LogP contribution in [-0.2, 0) is 6.42 Å². The Labute approximate surface area is 398 Å². The van der Waals surface area contributed by atoms with Crippen LogP contribution in [0.2, 0.25) is 0 Å². The molecule has 3 heteroatoms. The summed E-state index contributed by atoms with van der Waals surface area (Å²) >= 11 is 0. The van der Waals surface area contributed by atoms with E-state index in [0.29, 0.717) is 17.5 Å². The minimum Gasteiger partial charge on any atom is -0.208 e. The first-order chi connectivity index (χ1) is 33.6. The predicted molar refractivity (Wildman–Crippen MR) is 284 cm³/mol. The summed E-state index contributed by atoms with van der Waals surface area (Å²) in [5.41, 5.74) is 22.6. The van der Waals surface area contributed by atoms with E-state index in [4.69, 9.17) is 15.0 Å². The highest BCUT2D eigenvalue weighted by Gasteiger charge is 2.23. The molecule has 0 fully saturated rings. The lowest BCUT2D eigenvalue weighted by Gasteiger charge is -2.20. The number of rotatable bonds is 10. The molecule has 0 aliphatic heterocycles. The van der Waals surface area contributed by atoms with Gasteiger partial charge in [0, 0.05) is 16.7 Å². The molecule has 68 heavy (non-hydrogen) atoms. The van der Waals surface area contributed by atoms with Gasteiger partial charge in [-0.2, -0.15) is 0 Å². The lowest BCUT2D eigenvalue weighted by atomic mass is 9.84. The molecule has 0 saturated carbocycles. The van der Waals surface area contributed by atoms with Crippen LogP contribution in [0.3, 0.4) is 0 Å². The van der Waals surface area contributed by atoms with Crippen molar-refractivity contribution in [2.75, 3.05) is 0 Å². The summed E-state index contributed by atoms with van der Waals surface area (Å²) in [4.78, 5) is 15.3. The van der Waals surface area contributed by atoms with Crippen LogP contribution in [0, 0.1) is 6.92 Å². The number of aromatic nitrogens is 3. The van der Waals surface area contributed by atoms with Gasteiger partial charge in [-0.05, 0) is 137 Å². The molecule has 0 radical (unpaired) electrons. The van der Waals surface area contributed by atoms with Gasteiger partial charge in [0.1, 0.15) is 0 Å². The molecular weight excluding hydrogens is 823 g/mol. The van der Waals surface area contributed by atoms with Gasteiger partial charge in [0.2, 0.25) is 0 Å². The lowest BCUT2D eigenvalue weighted by molar-refractivity contribution is 0.924. The van der Waals surface area contributed by atoms with Gasteiger partial charge < -0.3 is 0 Å². The average Bonchev–Trinajstić information content (AvgIpc) is 3.73. The SMILES string of the molecule is CCCc1ccc(-c2cc3c4c(cccc4c2)-c2ccccc2-3)cc1-c1ccccc1-c1c(C)cccc1-c1cccc(-c2nc(-c3ccccc3)nc(-c3ccc(-c4ccccc4)cc3)n2)c1. The second-order valence-corrected chi connectivity index (χ2v) is 17.8. The molecule has 0 N–H and O–H groups in total. The van der Waals surface area contributed by atoms with Crippen molar-refractivity contribution >= 4 is 10.8 Å². The van der Waals surface area contributed by atoms with E-state index in [1.54, 1.807) is 0 Å². The molecule has 0 bridgehead atoms. The average molecular weight is 870 g/mol. The summed E-state index contributed by atoms with van der Waals surface area (Å²) in [5, 5.41) is 2.63. The molecule has 1 aliphatic carbocycles. The van der Waals surface area contributed by atoms with Gasteiger partial charge in [0.15, 0.2) is 17.5 Å². The van der Waals surface area contributed by atoms with Crippen molar-refractivity contribution in [2.24, 2.45) is 0 Å². The first-order valence-corrected chi connectivity index (χ1v) is 23.7. The summed E-state index contributed by atoms with van der Waals surface area (Å²) in [7, 11) is 0. The van der Waals surface area contributed by atoms with Crippen LogP contribution < -0.4 is 0 Å². The summed E-state index contributed by atoms with van der Waals surface area (Å²) in [6.45, 7) is 4.51. The molecule has 1 heterocycles. The second kappa shape index (κ2) is 17.4. The Hall–Kier alpha value is -8.53. The van der Waals surface area contributed by atoms with Gasteiger partial charge in [-0.25, -0.2) is 15.0 Å². The van der Waals surface area contributed by atoms with Crippen LogP contribution in [0.15, 0.2) is 224 Å². The topological polar surface area (TPSA) is 38.7 Å². The Bertz CT molecular complexity index is 3680. The van der Waals surface area contributed by atoms with E-state index in [1.807, 2.05) is 24.3 Å².